The lowest BCUT2D eigenvalue weighted by Crippen LogP contribution is -2.53. The third kappa shape index (κ3) is 4.33. The van der Waals surface area contributed by atoms with Crippen molar-refractivity contribution in [1.29, 1.82) is 0 Å². The first kappa shape index (κ1) is 21.9. The van der Waals surface area contributed by atoms with Crippen molar-refractivity contribution in [1.82, 2.24) is 9.80 Å². The van der Waals surface area contributed by atoms with Gasteiger partial charge in [-0.1, -0.05) is 25.1 Å². The summed E-state index contributed by atoms with van der Waals surface area (Å²) >= 11 is 0. The van der Waals surface area contributed by atoms with E-state index in [9.17, 15) is 14.4 Å². The van der Waals surface area contributed by atoms with Crippen LogP contribution in [0.25, 0.3) is 0 Å². The summed E-state index contributed by atoms with van der Waals surface area (Å²) in [5, 5.41) is 2.88. The average Bonchev–Trinajstić information content (AvgIpc) is 3.37. The third-order valence-electron chi connectivity index (χ3n) is 6.24. The molecular formula is C25H29N3O4. The molecule has 2 aliphatic heterocycles. The Morgan fingerprint density at radius 3 is 2.53 bits per heavy atom. The first-order valence-corrected chi connectivity index (χ1v) is 11.2. The van der Waals surface area contributed by atoms with E-state index in [1.165, 1.54) is 7.11 Å². The van der Waals surface area contributed by atoms with Crippen molar-refractivity contribution in [3.8, 4) is 5.75 Å². The van der Waals surface area contributed by atoms with Crippen molar-refractivity contribution < 1.29 is 19.1 Å². The van der Waals surface area contributed by atoms with E-state index in [1.54, 1.807) is 30.0 Å². The van der Waals surface area contributed by atoms with Gasteiger partial charge in [0.2, 0.25) is 11.8 Å². The number of carbonyl (C=O) groups is 3. The lowest BCUT2D eigenvalue weighted by molar-refractivity contribution is -0.135. The molecule has 7 nitrogen and oxygen atoms in total. The minimum Gasteiger partial charge on any atom is -0.496 e. The second-order valence-corrected chi connectivity index (χ2v) is 8.27. The number of benzene rings is 2. The van der Waals surface area contributed by atoms with Crippen LogP contribution in [-0.2, 0) is 22.6 Å². The van der Waals surface area contributed by atoms with Gasteiger partial charge in [0.1, 0.15) is 11.8 Å². The van der Waals surface area contributed by atoms with E-state index in [-0.39, 0.29) is 17.7 Å². The highest BCUT2D eigenvalue weighted by molar-refractivity contribution is 6.00. The molecule has 168 valence electrons. The molecule has 0 unspecified atom stereocenters. The number of fused-ring (bicyclic) bond motifs is 1. The molecule has 2 heterocycles. The number of likely N-dealkylation sites (tertiary alicyclic amines) is 1. The number of nitrogens with one attached hydrogen (secondary N) is 1. The lowest BCUT2D eigenvalue weighted by atomic mass is 9.91. The van der Waals surface area contributed by atoms with Crippen LogP contribution in [0.1, 0.15) is 47.7 Å². The Labute approximate surface area is 188 Å². The van der Waals surface area contributed by atoms with Gasteiger partial charge in [0.25, 0.3) is 5.91 Å². The van der Waals surface area contributed by atoms with Gasteiger partial charge in [-0.3, -0.25) is 14.4 Å². The number of ether oxygens (including phenoxy) is 1. The number of hydrogen-bond acceptors (Lipinski definition) is 4. The maximum Gasteiger partial charge on any atom is 0.258 e. The minimum atomic E-state index is -0.561. The molecule has 1 fully saturated rings. The zero-order valence-corrected chi connectivity index (χ0v) is 18.6. The standard InChI is InChI=1S/C25H29N3O4/c1-3-23(29)26-19-11-10-17-15-21(25(31)27-12-6-7-13-27)28(16-18(17)14-19)24(30)20-8-4-5-9-22(20)32-2/h4-5,8-11,14,21H,3,6-7,12-13,15-16H2,1-2H3,(H,26,29)/t21-/m0/s1. The van der Waals surface area contributed by atoms with Crippen molar-refractivity contribution in [2.75, 3.05) is 25.5 Å². The Balaban J connectivity index is 1.69. The van der Waals surface area contributed by atoms with E-state index in [1.807, 2.05) is 29.2 Å². The number of carbonyl (C=O) groups excluding carboxylic acids is 3. The summed E-state index contributed by atoms with van der Waals surface area (Å²) < 4.78 is 5.41. The zero-order chi connectivity index (χ0) is 22.7. The maximum atomic E-state index is 13.6. The molecule has 7 heteroatoms. The van der Waals surface area contributed by atoms with Crippen LogP contribution in [0.3, 0.4) is 0 Å². The number of para-hydroxylation sites is 1. The van der Waals surface area contributed by atoms with Crippen LogP contribution >= 0.6 is 0 Å². The third-order valence-corrected chi connectivity index (χ3v) is 6.24. The van der Waals surface area contributed by atoms with Crippen LogP contribution in [0.5, 0.6) is 5.75 Å². The van der Waals surface area contributed by atoms with E-state index in [0.29, 0.717) is 36.4 Å². The molecule has 2 aromatic carbocycles. The van der Waals surface area contributed by atoms with Gasteiger partial charge < -0.3 is 19.9 Å². The number of nitrogens with zero attached hydrogens (tertiary/aromatic N) is 2. The van der Waals surface area contributed by atoms with Crippen LogP contribution in [0.2, 0.25) is 0 Å². The zero-order valence-electron chi connectivity index (χ0n) is 18.6. The van der Waals surface area contributed by atoms with Gasteiger partial charge in [0, 0.05) is 38.2 Å². The Kier molecular flexibility index (Phi) is 6.44. The van der Waals surface area contributed by atoms with E-state index in [0.717, 1.165) is 37.1 Å². The minimum absolute atomic E-state index is 0.000222. The Hall–Kier alpha value is -3.35. The van der Waals surface area contributed by atoms with Crippen molar-refractivity contribution >= 4 is 23.4 Å². The first-order chi connectivity index (χ1) is 15.5. The summed E-state index contributed by atoms with van der Waals surface area (Å²) in [5.41, 5.74) is 3.10. The Bertz CT molecular complexity index is 1030. The predicted octanol–water partition coefficient (Wildman–Crippen LogP) is 3.23. The molecule has 0 radical (unpaired) electrons. The van der Waals surface area contributed by atoms with Gasteiger partial charge in [-0.05, 0) is 48.2 Å². The number of amides is 3. The highest BCUT2D eigenvalue weighted by Gasteiger charge is 2.38. The van der Waals surface area contributed by atoms with Crippen LogP contribution in [-0.4, -0.2) is 53.8 Å². The van der Waals surface area contributed by atoms with E-state index < -0.39 is 6.04 Å². The molecule has 2 aromatic rings. The second kappa shape index (κ2) is 9.42. The smallest absolute Gasteiger partial charge is 0.258 e. The molecule has 3 amide bonds. The highest BCUT2D eigenvalue weighted by atomic mass is 16.5. The van der Waals surface area contributed by atoms with Crippen LogP contribution in [0.15, 0.2) is 42.5 Å². The molecule has 4 rings (SSSR count). The Morgan fingerprint density at radius 1 is 1.06 bits per heavy atom. The SMILES string of the molecule is CCC(=O)Nc1ccc2c(c1)CN(C(=O)c1ccccc1OC)[C@H](C(=O)N1CCCC1)C2. The normalized spacial score (nSPS) is 17.6. The monoisotopic (exact) mass is 435 g/mol. The molecule has 0 aromatic heterocycles. The summed E-state index contributed by atoms with van der Waals surface area (Å²) in [6, 6.07) is 12.3. The average molecular weight is 436 g/mol. The molecule has 2 aliphatic rings. The van der Waals surface area contributed by atoms with E-state index in [4.69, 9.17) is 4.74 Å². The van der Waals surface area contributed by atoms with Crippen molar-refractivity contribution in [2.24, 2.45) is 0 Å². The fraction of sp³-hybridized carbons (Fsp3) is 0.400. The fourth-order valence-electron chi connectivity index (χ4n) is 4.47. The molecule has 0 aliphatic carbocycles. The molecular weight excluding hydrogens is 406 g/mol. The summed E-state index contributed by atoms with van der Waals surface area (Å²) in [4.78, 5) is 42.4. The van der Waals surface area contributed by atoms with Gasteiger partial charge in [0.05, 0.1) is 12.7 Å². The molecule has 0 spiro atoms. The van der Waals surface area contributed by atoms with Crippen molar-refractivity contribution in [3.05, 3.63) is 59.2 Å². The van der Waals surface area contributed by atoms with Crippen LogP contribution in [0.4, 0.5) is 5.69 Å². The summed E-state index contributed by atoms with van der Waals surface area (Å²) in [6.45, 7) is 3.57. The molecule has 0 bridgehead atoms. The molecule has 1 N–H and O–H groups in total. The fourth-order valence-corrected chi connectivity index (χ4v) is 4.47. The largest absolute Gasteiger partial charge is 0.496 e. The van der Waals surface area contributed by atoms with Crippen LogP contribution in [0, 0.1) is 0 Å². The van der Waals surface area contributed by atoms with Crippen LogP contribution < -0.4 is 10.1 Å². The first-order valence-electron chi connectivity index (χ1n) is 11.2. The van der Waals surface area contributed by atoms with Gasteiger partial charge in [-0.25, -0.2) is 0 Å². The van der Waals surface area contributed by atoms with Gasteiger partial charge in [-0.2, -0.15) is 0 Å². The number of anilines is 1. The van der Waals surface area contributed by atoms with Crippen molar-refractivity contribution in [3.63, 3.8) is 0 Å². The lowest BCUT2D eigenvalue weighted by Gasteiger charge is -2.38. The highest BCUT2D eigenvalue weighted by Crippen LogP contribution is 2.31. The number of methoxy groups -OCH3 is 1. The van der Waals surface area contributed by atoms with E-state index in [2.05, 4.69) is 5.32 Å². The molecule has 1 saturated heterocycles. The number of rotatable bonds is 5. The molecule has 1 atom stereocenters. The summed E-state index contributed by atoms with van der Waals surface area (Å²) in [6.07, 6.45) is 2.83. The van der Waals surface area contributed by atoms with Gasteiger partial charge >= 0.3 is 0 Å². The van der Waals surface area contributed by atoms with Crippen molar-refractivity contribution in [2.45, 2.75) is 45.2 Å². The summed E-state index contributed by atoms with van der Waals surface area (Å²) in [5.74, 6) is 0.192. The second-order valence-electron chi connectivity index (χ2n) is 8.27. The predicted molar refractivity (Wildman–Crippen MR) is 122 cm³/mol. The number of hydrogen-bond donors (Lipinski definition) is 1. The van der Waals surface area contributed by atoms with Gasteiger partial charge in [-0.15, -0.1) is 0 Å². The maximum absolute atomic E-state index is 13.6. The van der Waals surface area contributed by atoms with E-state index >= 15 is 0 Å². The summed E-state index contributed by atoms with van der Waals surface area (Å²) in [7, 11) is 1.53. The topological polar surface area (TPSA) is 79.0 Å². The molecule has 0 saturated carbocycles. The van der Waals surface area contributed by atoms with Gasteiger partial charge in [0.15, 0.2) is 0 Å². The Morgan fingerprint density at radius 2 is 1.81 bits per heavy atom. The quantitative estimate of drug-likeness (QED) is 0.782. The molecule has 32 heavy (non-hydrogen) atoms.